The Morgan fingerprint density at radius 2 is 2.11 bits per heavy atom. The van der Waals surface area contributed by atoms with Crippen LogP contribution in [0.15, 0.2) is 22.7 Å². The Morgan fingerprint density at radius 3 is 2.63 bits per heavy atom. The molecular formula is C14H18BrNO3. The van der Waals surface area contributed by atoms with Crippen LogP contribution >= 0.6 is 15.9 Å². The zero-order valence-corrected chi connectivity index (χ0v) is 12.7. The summed E-state index contributed by atoms with van der Waals surface area (Å²) in [6.45, 7) is 4.03. The van der Waals surface area contributed by atoms with Gasteiger partial charge < -0.3 is 10.1 Å². The Hall–Kier alpha value is -1.36. The van der Waals surface area contributed by atoms with Gasteiger partial charge in [0.05, 0.1) is 4.47 Å². The minimum atomic E-state index is -0.139. The molecule has 0 saturated heterocycles. The summed E-state index contributed by atoms with van der Waals surface area (Å²) in [5, 5.41) is 2.89. The van der Waals surface area contributed by atoms with Crippen LogP contribution in [0.25, 0.3) is 0 Å². The SMILES string of the molecule is CCC(CC)NC(=O)COc1ccc(C=O)cc1Br. The van der Waals surface area contributed by atoms with Crippen molar-refractivity contribution in [3.05, 3.63) is 28.2 Å². The van der Waals surface area contributed by atoms with Gasteiger partial charge in [0, 0.05) is 11.6 Å². The first-order valence-electron chi connectivity index (χ1n) is 6.27. The molecule has 1 N–H and O–H groups in total. The summed E-state index contributed by atoms with van der Waals surface area (Å²) < 4.78 is 6.07. The van der Waals surface area contributed by atoms with Crippen molar-refractivity contribution >= 4 is 28.1 Å². The topological polar surface area (TPSA) is 55.4 Å². The van der Waals surface area contributed by atoms with Gasteiger partial charge in [-0.1, -0.05) is 13.8 Å². The second-order valence-corrected chi connectivity index (χ2v) is 5.03. The third-order valence-corrected chi connectivity index (χ3v) is 3.42. The van der Waals surface area contributed by atoms with Gasteiger partial charge in [0.25, 0.3) is 5.91 Å². The van der Waals surface area contributed by atoms with Gasteiger partial charge in [-0.3, -0.25) is 9.59 Å². The number of amides is 1. The van der Waals surface area contributed by atoms with Crippen molar-refractivity contribution in [3.63, 3.8) is 0 Å². The molecule has 104 valence electrons. The standard InChI is InChI=1S/C14H18BrNO3/c1-3-11(4-2)16-14(18)9-19-13-6-5-10(8-17)7-12(13)15/h5-8,11H,3-4,9H2,1-2H3,(H,16,18). The van der Waals surface area contributed by atoms with Crippen molar-refractivity contribution < 1.29 is 14.3 Å². The Labute approximate surface area is 121 Å². The fourth-order valence-corrected chi connectivity index (χ4v) is 2.12. The zero-order chi connectivity index (χ0) is 14.3. The summed E-state index contributed by atoms with van der Waals surface area (Å²) >= 11 is 3.30. The summed E-state index contributed by atoms with van der Waals surface area (Å²) in [5.41, 5.74) is 0.556. The Morgan fingerprint density at radius 1 is 1.42 bits per heavy atom. The number of halogens is 1. The molecule has 0 fully saturated rings. The van der Waals surface area contributed by atoms with Gasteiger partial charge in [-0.05, 0) is 47.0 Å². The quantitative estimate of drug-likeness (QED) is 0.783. The highest BCUT2D eigenvalue weighted by Crippen LogP contribution is 2.25. The molecule has 0 aliphatic carbocycles. The summed E-state index contributed by atoms with van der Waals surface area (Å²) in [4.78, 5) is 22.3. The molecule has 1 aromatic carbocycles. The molecule has 0 radical (unpaired) electrons. The van der Waals surface area contributed by atoms with Crippen molar-refractivity contribution in [1.29, 1.82) is 0 Å². The van der Waals surface area contributed by atoms with Crippen molar-refractivity contribution in [2.45, 2.75) is 32.7 Å². The average Bonchev–Trinajstić information content (AvgIpc) is 2.43. The molecule has 0 atom stereocenters. The van der Waals surface area contributed by atoms with Gasteiger partial charge in [0.1, 0.15) is 12.0 Å². The molecule has 0 spiro atoms. The lowest BCUT2D eigenvalue weighted by Gasteiger charge is -2.15. The summed E-state index contributed by atoms with van der Waals surface area (Å²) in [5.74, 6) is 0.408. The van der Waals surface area contributed by atoms with Crippen LogP contribution in [0, 0.1) is 0 Å². The lowest BCUT2D eigenvalue weighted by molar-refractivity contribution is -0.123. The summed E-state index contributed by atoms with van der Waals surface area (Å²) in [6, 6.07) is 5.16. The van der Waals surface area contributed by atoms with Crippen LogP contribution in [-0.4, -0.2) is 24.8 Å². The van der Waals surface area contributed by atoms with E-state index < -0.39 is 0 Å². The molecule has 0 aromatic heterocycles. The predicted octanol–water partition coefficient (Wildman–Crippen LogP) is 2.95. The number of hydrogen-bond acceptors (Lipinski definition) is 3. The van der Waals surface area contributed by atoms with Crippen molar-refractivity contribution in [1.82, 2.24) is 5.32 Å². The summed E-state index contributed by atoms with van der Waals surface area (Å²) in [6.07, 6.45) is 2.56. The Bertz CT molecular complexity index is 444. The predicted molar refractivity (Wildman–Crippen MR) is 77.5 cm³/mol. The minimum Gasteiger partial charge on any atom is -0.483 e. The first-order valence-corrected chi connectivity index (χ1v) is 7.06. The zero-order valence-electron chi connectivity index (χ0n) is 11.1. The number of aldehydes is 1. The number of carbonyl (C=O) groups excluding carboxylic acids is 2. The van der Waals surface area contributed by atoms with E-state index in [1.54, 1.807) is 18.2 Å². The minimum absolute atomic E-state index is 0.0322. The first kappa shape index (κ1) is 15.7. The highest BCUT2D eigenvalue weighted by molar-refractivity contribution is 9.10. The molecule has 4 nitrogen and oxygen atoms in total. The van der Waals surface area contributed by atoms with E-state index in [-0.39, 0.29) is 18.6 Å². The second kappa shape index (κ2) is 7.94. The van der Waals surface area contributed by atoms with Gasteiger partial charge in [-0.2, -0.15) is 0 Å². The largest absolute Gasteiger partial charge is 0.483 e. The van der Waals surface area contributed by atoms with Crippen LogP contribution in [0.4, 0.5) is 0 Å². The lowest BCUT2D eigenvalue weighted by Crippen LogP contribution is -2.37. The van der Waals surface area contributed by atoms with Crippen LogP contribution in [-0.2, 0) is 4.79 Å². The van der Waals surface area contributed by atoms with Crippen molar-refractivity contribution in [2.75, 3.05) is 6.61 Å². The van der Waals surface area contributed by atoms with Gasteiger partial charge in [0.15, 0.2) is 6.61 Å². The molecule has 1 rings (SSSR count). The molecule has 0 bridgehead atoms. The highest BCUT2D eigenvalue weighted by atomic mass is 79.9. The number of benzene rings is 1. The number of nitrogens with one attached hydrogen (secondary N) is 1. The molecule has 19 heavy (non-hydrogen) atoms. The van der Waals surface area contributed by atoms with E-state index in [1.165, 1.54) is 0 Å². The smallest absolute Gasteiger partial charge is 0.258 e. The normalized spacial score (nSPS) is 10.3. The molecule has 0 aliphatic rings. The lowest BCUT2D eigenvalue weighted by atomic mass is 10.2. The highest BCUT2D eigenvalue weighted by Gasteiger charge is 2.10. The van der Waals surface area contributed by atoms with E-state index in [9.17, 15) is 9.59 Å². The molecule has 0 saturated carbocycles. The molecular weight excluding hydrogens is 310 g/mol. The fraction of sp³-hybridized carbons (Fsp3) is 0.429. The van der Waals surface area contributed by atoms with E-state index in [1.807, 2.05) is 13.8 Å². The Balaban J connectivity index is 2.52. The number of rotatable bonds is 7. The number of carbonyl (C=O) groups is 2. The molecule has 0 aliphatic heterocycles. The number of hydrogen-bond donors (Lipinski definition) is 1. The van der Waals surface area contributed by atoms with Crippen LogP contribution in [0.5, 0.6) is 5.75 Å². The summed E-state index contributed by atoms with van der Waals surface area (Å²) in [7, 11) is 0. The maximum Gasteiger partial charge on any atom is 0.258 e. The van der Waals surface area contributed by atoms with Gasteiger partial charge >= 0.3 is 0 Å². The van der Waals surface area contributed by atoms with Crippen LogP contribution in [0.3, 0.4) is 0 Å². The monoisotopic (exact) mass is 327 g/mol. The van der Waals surface area contributed by atoms with Crippen molar-refractivity contribution in [3.8, 4) is 5.75 Å². The van der Waals surface area contributed by atoms with E-state index in [0.717, 1.165) is 19.1 Å². The maximum atomic E-state index is 11.7. The molecule has 1 amide bonds. The number of ether oxygens (including phenoxy) is 1. The average molecular weight is 328 g/mol. The van der Waals surface area contributed by atoms with Gasteiger partial charge in [0.2, 0.25) is 0 Å². The van der Waals surface area contributed by atoms with Crippen molar-refractivity contribution in [2.24, 2.45) is 0 Å². The van der Waals surface area contributed by atoms with Gasteiger partial charge in [-0.15, -0.1) is 0 Å². The molecule has 5 heteroatoms. The second-order valence-electron chi connectivity index (χ2n) is 4.18. The van der Waals surface area contributed by atoms with E-state index in [0.29, 0.717) is 15.8 Å². The molecule has 1 aromatic rings. The van der Waals surface area contributed by atoms with E-state index in [2.05, 4.69) is 21.2 Å². The van der Waals surface area contributed by atoms with Crippen LogP contribution in [0.1, 0.15) is 37.0 Å². The van der Waals surface area contributed by atoms with E-state index >= 15 is 0 Å². The third-order valence-electron chi connectivity index (χ3n) is 2.80. The van der Waals surface area contributed by atoms with E-state index in [4.69, 9.17) is 4.74 Å². The Kier molecular flexibility index (Phi) is 6.56. The molecule has 0 unspecified atom stereocenters. The third kappa shape index (κ3) is 5.03. The fourth-order valence-electron chi connectivity index (χ4n) is 1.61. The van der Waals surface area contributed by atoms with Crippen LogP contribution in [0.2, 0.25) is 0 Å². The molecule has 0 heterocycles. The van der Waals surface area contributed by atoms with Crippen LogP contribution < -0.4 is 10.1 Å². The first-order chi connectivity index (χ1) is 9.10. The maximum absolute atomic E-state index is 11.7. The van der Waals surface area contributed by atoms with Gasteiger partial charge in [-0.25, -0.2) is 0 Å².